The number of hydrogen-bond acceptors (Lipinski definition) is 2. The highest BCUT2D eigenvalue weighted by atomic mass is 79.9. The number of rotatable bonds is 3. The Morgan fingerprint density at radius 1 is 1.35 bits per heavy atom. The van der Waals surface area contributed by atoms with Gasteiger partial charge in [0.25, 0.3) is 0 Å². The molecule has 1 saturated carbocycles. The van der Waals surface area contributed by atoms with Gasteiger partial charge in [0.15, 0.2) is 0 Å². The van der Waals surface area contributed by atoms with Gasteiger partial charge in [-0.15, -0.1) is 0 Å². The average Bonchev–Trinajstić information content (AvgIpc) is 2.75. The quantitative estimate of drug-likeness (QED) is 0.875. The summed E-state index contributed by atoms with van der Waals surface area (Å²) in [4.78, 5) is 12.2. The van der Waals surface area contributed by atoms with Gasteiger partial charge in [-0.25, -0.2) is 0 Å². The number of nitrogens with one attached hydrogen (secondary N) is 2. The van der Waals surface area contributed by atoms with Crippen LogP contribution in [0.2, 0.25) is 0 Å². The molecule has 1 aromatic rings. The monoisotopic (exact) mass is 336 g/mol. The summed E-state index contributed by atoms with van der Waals surface area (Å²) in [5.41, 5.74) is 2.02. The van der Waals surface area contributed by atoms with Gasteiger partial charge in [-0.2, -0.15) is 0 Å². The van der Waals surface area contributed by atoms with Gasteiger partial charge in [-0.1, -0.05) is 48.2 Å². The summed E-state index contributed by atoms with van der Waals surface area (Å²) in [6.07, 6.45) is 6.27. The maximum Gasteiger partial charge on any atom is 0.246 e. The molecule has 0 radical (unpaired) electrons. The first kappa shape index (κ1) is 14.1. The molecule has 1 fully saturated rings. The van der Waals surface area contributed by atoms with Crippen molar-refractivity contribution in [1.82, 2.24) is 5.32 Å². The van der Waals surface area contributed by atoms with Crippen LogP contribution in [0, 0.1) is 5.92 Å². The zero-order valence-corrected chi connectivity index (χ0v) is 13.4. The van der Waals surface area contributed by atoms with Crippen molar-refractivity contribution in [3.63, 3.8) is 0 Å². The van der Waals surface area contributed by atoms with Gasteiger partial charge in [0.2, 0.25) is 5.91 Å². The second-order valence-electron chi connectivity index (χ2n) is 5.88. The molecule has 1 aliphatic carbocycles. The van der Waals surface area contributed by atoms with E-state index in [0.717, 1.165) is 15.7 Å². The van der Waals surface area contributed by atoms with Crippen LogP contribution in [-0.2, 0) is 4.79 Å². The third-order valence-corrected chi connectivity index (χ3v) is 5.15. The summed E-state index contributed by atoms with van der Waals surface area (Å²) in [6, 6.07) is 6.31. The molecule has 0 spiro atoms. The lowest BCUT2D eigenvalue weighted by molar-refractivity contribution is -0.118. The molecule has 20 heavy (non-hydrogen) atoms. The Bertz CT molecular complexity index is 517. The van der Waals surface area contributed by atoms with Gasteiger partial charge >= 0.3 is 0 Å². The predicted molar refractivity (Wildman–Crippen MR) is 84.7 cm³/mol. The van der Waals surface area contributed by atoms with E-state index in [4.69, 9.17) is 0 Å². The normalized spacial score (nSPS) is 29.1. The Morgan fingerprint density at radius 3 is 2.95 bits per heavy atom. The molecule has 3 nitrogen and oxygen atoms in total. The molecule has 1 amide bonds. The number of amides is 1. The molecular formula is C16H21BrN2O. The van der Waals surface area contributed by atoms with Crippen molar-refractivity contribution in [2.45, 2.75) is 51.1 Å². The number of hydrogen-bond donors (Lipinski definition) is 2. The van der Waals surface area contributed by atoms with Crippen LogP contribution in [0.3, 0.4) is 0 Å². The first-order chi connectivity index (χ1) is 9.69. The van der Waals surface area contributed by atoms with Crippen molar-refractivity contribution in [3.8, 4) is 0 Å². The average molecular weight is 337 g/mol. The molecule has 2 N–H and O–H groups in total. The standard InChI is InChI=1S/C16H21BrN2O/c1-2-10-5-3-4-6-13(10)18-15-12-8-7-11(17)9-14(12)19-16(15)20/h7-10,13,15,18H,2-6H2,1H3,(H,19,20). The molecule has 3 atom stereocenters. The van der Waals surface area contributed by atoms with E-state index >= 15 is 0 Å². The minimum atomic E-state index is -0.185. The largest absolute Gasteiger partial charge is 0.324 e. The fraction of sp³-hybridized carbons (Fsp3) is 0.562. The zero-order chi connectivity index (χ0) is 14.1. The van der Waals surface area contributed by atoms with Crippen LogP contribution in [0.25, 0.3) is 0 Å². The van der Waals surface area contributed by atoms with Gasteiger partial charge in [-0.3, -0.25) is 10.1 Å². The number of anilines is 1. The first-order valence-corrected chi connectivity index (χ1v) is 8.34. The highest BCUT2D eigenvalue weighted by Crippen LogP contribution is 2.35. The van der Waals surface area contributed by atoms with Crippen molar-refractivity contribution in [3.05, 3.63) is 28.2 Å². The zero-order valence-electron chi connectivity index (χ0n) is 11.8. The fourth-order valence-corrected chi connectivity index (χ4v) is 3.89. The van der Waals surface area contributed by atoms with E-state index in [1.807, 2.05) is 18.2 Å². The van der Waals surface area contributed by atoms with Gasteiger partial charge in [0, 0.05) is 21.8 Å². The van der Waals surface area contributed by atoms with Crippen LogP contribution in [-0.4, -0.2) is 11.9 Å². The third kappa shape index (κ3) is 2.63. The summed E-state index contributed by atoms with van der Waals surface area (Å²) in [7, 11) is 0. The Kier molecular flexibility index (Phi) is 4.13. The predicted octanol–water partition coefficient (Wildman–Crippen LogP) is 4.00. The Labute approximate surface area is 128 Å². The van der Waals surface area contributed by atoms with Crippen molar-refractivity contribution >= 4 is 27.5 Å². The van der Waals surface area contributed by atoms with Gasteiger partial charge in [-0.05, 0) is 30.9 Å². The summed E-state index contributed by atoms with van der Waals surface area (Å²) < 4.78 is 1.00. The summed E-state index contributed by atoms with van der Waals surface area (Å²) in [6.45, 7) is 2.25. The molecule has 108 valence electrons. The SMILES string of the molecule is CCC1CCCCC1NC1C(=O)Nc2cc(Br)ccc21. The number of fused-ring (bicyclic) bond motifs is 1. The molecule has 1 heterocycles. The Balaban J connectivity index is 1.79. The molecule has 3 unspecified atom stereocenters. The lowest BCUT2D eigenvalue weighted by atomic mass is 9.82. The minimum absolute atomic E-state index is 0.0820. The molecule has 2 aliphatic rings. The van der Waals surface area contributed by atoms with E-state index in [1.165, 1.54) is 32.1 Å². The topological polar surface area (TPSA) is 41.1 Å². The van der Waals surface area contributed by atoms with Crippen LogP contribution in [0.5, 0.6) is 0 Å². The molecule has 0 bridgehead atoms. The van der Waals surface area contributed by atoms with Crippen LogP contribution in [0.15, 0.2) is 22.7 Å². The second kappa shape index (κ2) is 5.86. The van der Waals surface area contributed by atoms with Gasteiger partial charge in [0.1, 0.15) is 6.04 Å². The summed E-state index contributed by atoms with van der Waals surface area (Å²) in [5.74, 6) is 0.787. The fourth-order valence-electron chi connectivity index (χ4n) is 3.53. The summed E-state index contributed by atoms with van der Waals surface area (Å²) >= 11 is 3.45. The van der Waals surface area contributed by atoms with Gasteiger partial charge < -0.3 is 5.32 Å². The number of carbonyl (C=O) groups excluding carboxylic acids is 1. The second-order valence-corrected chi connectivity index (χ2v) is 6.80. The van der Waals surface area contributed by atoms with Crippen molar-refractivity contribution in [1.29, 1.82) is 0 Å². The van der Waals surface area contributed by atoms with E-state index in [0.29, 0.717) is 12.0 Å². The van der Waals surface area contributed by atoms with Crippen LogP contribution in [0.1, 0.15) is 50.6 Å². The molecule has 4 heteroatoms. The Hall–Kier alpha value is -0.870. The summed E-state index contributed by atoms with van der Waals surface area (Å²) in [5, 5.41) is 6.60. The molecule has 1 aromatic carbocycles. The highest BCUT2D eigenvalue weighted by molar-refractivity contribution is 9.10. The highest BCUT2D eigenvalue weighted by Gasteiger charge is 2.34. The number of halogens is 1. The van der Waals surface area contributed by atoms with E-state index in [2.05, 4.69) is 33.5 Å². The van der Waals surface area contributed by atoms with Crippen LogP contribution >= 0.6 is 15.9 Å². The lowest BCUT2D eigenvalue weighted by Gasteiger charge is -2.33. The van der Waals surface area contributed by atoms with Gasteiger partial charge in [0.05, 0.1) is 0 Å². The maximum absolute atomic E-state index is 12.2. The molecule has 1 aliphatic heterocycles. The third-order valence-electron chi connectivity index (χ3n) is 4.66. The molecule has 0 saturated heterocycles. The van der Waals surface area contributed by atoms with Crippen molar-refractivity contribution in [2.24, 2.45) is 5.92 Å². The van der Waals surface area contributed by atoms with E-state index < -0.39 is 0 Å². The number of carbonyl (C=O) groups is 1. The van der Waals surface area contributed by atoms with E-state index in [-0.39, 0.29) is 11.9 Å². The molecule has 3 rings (SSSR count). The van der Waals surface area contributed by atoms with Crippen molar-refractivity contribution < 1.29 is 4.79 Å². The first-order valence-electron chi connectivity index (χ1n) is 7.55. The maximum atomic E-state index is 12.2. The molecular weight excluding hydrogens is 316 g/mol. The van der Waals surface area contributed by atoms with E-state index in [1.54, 1.807) is 0 Å². The molecule has 0 aromatic heterocycles. The lowest BCUT2D eigenvalue weighted by Crippen LogP contribution is -2.42. The van der Waals surface area contributed by atoms with Crippen molar-refractivity contribution in [2.75, 3.05) is 5.32 Å². The minimum Gasteiger partial charge on any atom is -0.324 e. The van der Waals surface area contributed by atoms with Crippen LogP contribution in [0.4, 0.5) is 5.69 Å². The smallest absolute Gasteiger partial charge is 0.246 e. The number of benzene rings is 1. The Morgan fingerprint density at radius 2 is 2.15 bits per heavy atom. The van der Waals surface area contributed by atoms with Crippen LogP contribution < -0.4 is 10.6 Å². The van der Waals surface area contributed by atoms with E-state index in [9.17, 15) is 4.79 Å².